The summed E-state index contributed by atoms with van der Waals surface area (Å²) in [5, 5.41) is 33.6. The van der Waals surface area contributed by atoms with Crippen LogP contribution in [0.3, 0.4) is 0 Å². The summed E-state index contributed by atoms with van der Waals surface area (Å²) >= 11 is 1.21. The zero-order chi connectivity index (χ0) is 21.4. The smallest absolute Gasteiger partial charge is 0.548 e. The first-order valence-corrected chi connectivity index (χ1v) is 10.3. The standard InChI is InChI=1S/C19H27NO8S.Na/c1-11-14(28-18(26-2)16(22)15(11)21)10-29-9-13(17(23)24)20-19(25)27-8-12-6-4-3-5-7-12;/h3-7,11,13-16,18,21-22H,8-10H2,1-2H3,(H,20,25)(H,23,24);/q;+1/p-1. The molecule has 0 saturated carbocycles. The second kappa shape index (κ2) is 13.5. The Morgan fingerprint density at radius 1 is 1.27 bits per heavy atom. The fourth-order valence-corrected chi connectivity index (χ4v) is 4.04. The van der Waals surface area contributed by atoms with Gasteiger partial charge in [-0.05, 0) is 5.56 Å². The van der Waals surface area contributed by atoms with Crippen LogP contribution in [0.4, 0.5) is 4.79 Å². The molecule has 1 saturated heterocycles. The van der Waals surface area contributed by atoms with Gasteiger partial charge in [0.1, 0.15) is 12.7 Å². The molecule has 0 spiro atoms. The van der Waals surface area contributed by atoms with E-state index in [1.807, 2.05) is 6.07 Å². The average Bonchev–Trinajstić information content (AvgIpc) is 2.72. The van der Waals surface area contributed by atoms with E-state index < -0.39 is 42.7 Å². The van der Waals surface area contributed by atoms with Crippen molar-refractivity contribution in [3.8, 4) is 0 Å². The maximum absolute atomic E-state index is 11.9. The summed E-state index contributed by atoms with van der Waals surface area (Å²) in [6, 6.07) is 7.74. The number of hydrogen-bond donors (Lipinski definition) is 3. The van der Waals surface area contributed by atoms with E-state index in [1.54, 1.807) is 31.2 Å². The summed E-state index contributed by atoms with van der Waals surface area (Å²) in [6.07, 6.45) is -4.47. The Morgan fingerprint density at radius 2 is 1.93 bits per heavy atom. The number of nitrogens with one attached hydrogen (secondary N) is 1. The van der Waals surface area contributed by atoms with Crippen molar-refractivity contribution < 1.29 is 68.7 Å². The molecule has 3 N–H and O–H groups in total. The number of carbonyl (C=O) groups excluding carboxylic acids is 2. The molecule has 30 heavy (non-hydrogen) atoms. The van der Waals surface area contributed by atoms with Crippen LogP contribution >= 0.6 is 11.8 Å². The molecule has 0 aromatic heterocycles. The third kappa shape index (κ3) is 8.01. The normalized spacial score (nSPS) is 26.9. The van der Waals surface area contributed by atoms with Crippen LogP contribution in [0.25, 0.3) is 0 Å². The zero-order valence-corrected chi connectivity index (χ0v) is 20.0. The Balaban J connectivity index is 0.00000450. The molecule has 1 fully saturated rings. The van der Waals surface area contributed by atoms with E-state index >= 15 is 0 Å². The number of thioether (sulfide) groups is 1. The molecule has 1 aliphatic heterocycles. The summed E-state index contributed by atoms with van der Waals surface area (Å²) in [5.41, 5.74) is 0.777. The van der Waals surface area contributed by atoms with Crippen LogP contribution in [0, 0.1) is 5.92 Å². The van der Waals surface area contributed by atoms with Crippen molar-refractivity contribution in [2.24, 2.45) is 5.92 Å². The van der Waals surface area contributed by atoms with Crippen LogP contribution < -0.4 is 40.0 Å². The summed E-state index contributed by atoms with van der Waals surface area (Å²) in [4.78, 5) is 23.2. The average molecular weight is 451 g/mol. The molecule has 2 rings (SSSR count). The number of carboxylic acid groups (broad SMARTS) is 1. The van der Waals surface area contributed by atoms with Gasteiger partial charge in [-0.25, -0.2) is 4.79 Å². The third-order valence-electron chi connectivity index (χ3n) is 4.65. The van der Waals surface area contributed by atoms with Gasteiger partial charge in [0.15, 0.2) is 6.29 Å². The minimum atomic E-state index is -1.43. The predicted octanol–water partition coefficient (Wildman–Crippen LogP) is -3.50. The van der Waals surface area contributed by atoms with Gasteiger partial charge in [0, 0.05) is 24.5 Å². The summed E-state index contributed by atoms with van der Waals surface area (Å²) in [7, 11) is 1.36. The van der Waals surface area contributed by atoms with Crippen molar-refractivity contribution in [1.82, 2.24) is 5.32 Å². The quantitative estimate of drug-likeness (QED) is 0.327. The van der Waals surface area contributed by atoms with E-state index in [1.165, 1.54) is 18.9 Å². The molecule has 1 aromatic carbocycles. The maximum Gasteiger partial charge on any atom is 1.00 e. The van der Waals surface area contributed by atoms with Gasteiger partial charge in [-0.2, -0.15) is 11.8 Å². The number of benzene rings is 1. The molecular formula is C19H26NNaO8S. The maximum atomic E-state index is 11.9. The molecule has 1 heterocycles. The van der Waals surface area contributed by atoms with E-state index in [0.717, 1.165) is 5.56 Å². The van der Waals surface area contributed by atoms with Crippen LogP contribution in [0.2, 0.25) is 0 Å². The number of aliphatic hydroxyl groups is 2. The summed E-state index contributed by atoms with van der Waals surface area (Å²) in [5.74, 6) is -1.47. The fraction of sp³-hybridized carbons (Fsp3) is 0.579. The van der Waals surface area contributed by atoms with Crippen LogP contribution in [-0.2, 0) is 25.6 Å². The summed E-state index contributed by atoms with van der Waals surface area (Å²) in [6.45, 7) is 1.74. The van der Waals surface area contributed by atoms with Gasteiger partial charge in [0.05, 0.1) is 24.2 Å². The number of rotatable bonds is 9. The minimum absolute atomic E-state index is 0. The number of alkyl carbamates (subject to hydrolysis) is 1. The van der Waals surface area contributed by atoms with Gasteiger partial charge in [-0.15, -0.1) is 0 Å². The molecule has 162 valence electrons. The number of ether oxygens (including phenoxy) is 3. The monoisotopic (exact) mass is 451 g/mol. The number of hydrogen-bond acceptors (Lipinski definition) is 9. The largest absolute Gasteiger partial charge is 1.00 e. The van der Waals surface area contributed by atoms with Crippen LogP contribution in [-0.4, -0.2) is 71.5 Å². The van der Waals surface area contributed by atoms with E-state index in [9.17, 15) is 24.9 Å². The van der Waals surface area contributed by atoms with E-state index in [-0.39, 0.29) is 47.8 Å². The predicted molar refractivity (Wildman–Crippen MR) is 103 cm³/mol. The molecule has 1 aliphatic rings. The molecule has 11 heteroatoms. The van der Waals surface area contributed by atoms with Crippen LogP contribution in [0.1, 0.15) is 12.5 Å². The van der Waals surface area contributed by atoms with Crippen molar-refractivity contribution in [2.45, 2.75) is 44.2 Å². The van der Waals surface area contributed by atoms with Crippen molar-refractivity contribution in [3.05, 3.63) is 35.9 Å². The first kappa shape index (κ1) is 27.2. The van der Waals surface area contributed by atoms with Gasteiger partial charge >= 0.3 is 35.7 Å². The number of amides is 1. The molecule has 1 amide bonds. The molecule has 0 bridgehead atoms. The minimum Gasteiger partial charge on any atom is -0.548 e. The van der Waals surface area contributed by atoms with E-state index in [2.05, 4.69) is 5.32 Å². The first-order chi connectivity index (χ1) is 13.8. The second-order valence-electron chi connectivity index (χ2n) is 6.73. The Labute approximate surface area is 201 Å². The van der Waals surface area contributed by atoms with Crippen LogP contribution in [0.5, 0.6) is 0 Å². The third-order valence-corrected chi connectivity index (χ3v) is 5.78. The van der Waals surface area contributed by atoms with Crippen LogP contribution in [0.15, 0.2) is 30.3 Å². The number of aliphatic hydroxyl groups excluding tert-OH is 2. The molecule has 1 aromatic rings. The van der Waals surface area contributed by atoms with Crippen molar-refractivity contribution in [3.63, 3.8) is 0 Å². The van der Waals surface area contributed by atoms with Crippen molar-refractivity contribution in [2.75, 3.05) is 18.6 Å². The Hall–Kier alpha value is -0.850. The molecule has 6 unspecified atom stereocenters. The topological polar surface area (TPSA) is 137 Å². The number of aliphatic carboxylic acids is 1. The van der Waals surface area contributed by atoms with Crippen molar-refractivity contribution >= 4 is 23.8 Å². The van der Waals surface area contributed by atoms with Crippen molar-refractivity contribution in [1.29, 1.82) is 0 Å². The van der Waals surface area contributed by atoms with Gasteiger partial charge < -0.3 is 39.6 Å². The van der Waals surface area contributed by atoms with Gasteiger partial charge in [-0.1, -0.05) is 37.3 Å². The summed E-state index contributed by atoms with van der Waals surface area (Å²) < 4.78 is 15.7. The molecule has 6 atom stereocenters. The van der Waals surface area contributed by atoms with E-state index in [0.29, 0.717) is 5.75 Å². The first-order valence-electron chi connectivity index (χ1n) is 9.13. The molecular weight excluding hydrogens is 425 g/mol. The zero-order valence-electron chi connectivity index (χ0n) is 17.2. The van der Waals surface area contributed by atoms with E-state index in [4.69, 9.17) is 14.2 Å². The molecule has 9 nitrogen and oxygen atoms in total. The molecule has 0 aliphatic carbocycles. The molecule has 0 radical (unpaired) electrons. The van der Waals surface area contributed by atoms with Gasteiger partial charge in [0.2, 0.25) is 0 Å². The van der Waals surface area contributed by atoms with Gasteiger partial charge in [-0.3, -0.25) is 0 Å². The second-order valence-corrected chi connectivity index (χ2v) is 7.81. The number of carboxylic acids is 1. The Morgan fingerprint density at radius 3 is 2.53 bits per heavy atom. The Bertz CT molecular complexity index is 665. The van der Waals surface area contributed by atoms with Gasteiger partial charge in [0.25, 0.3) is 0 Å². The SMILES string of the molecule is COC1OC(CSCC(NC(=O)OCc2ccccc2)C(=O)[O-])C(C)C(O)C1O.[Na+]. The number of carbonyl (C=O) groups is 2. The number of methoxy groups -OCH3 is 1. The Kier molecular flexibility index (Phi) is 12.3. The fourth-order valence-electron chi connectivity index (χ4n) is 2.83.